The van der Waals surface area contributed by atoms with E-state index in [0.717, 1.165) is 52.7 Å². The Morgan fingerprint density at radius 3 is 2.88 bits per heavy atom. The highest BCUT2D eigenvalue weighted by atomic mass is 32.2. The van der Waals surface area contributed by atoms with E-state index < -0.39 is 11.5 Å². The number of carbonyl (C=O) groups excluding carboxylic acids is 2. The Morgan fingerprint density at radius 1 is 1.30 bits per heavy atom. The van der Waals surface area contributed by atoms with Gasteiger partial charge in [0.2, 0.25) is 5.91 Å². The minimum absolute atomic E-state index is 0.00740. The molecule has 1 aromatic carbocycles. The van der Waals surface area contributed by atoms with Gasteiger partial charge in [0.15, 0.2) is 5.16 Å². The number of rotatable bonds is 7. The molecule has 1 aliphatic rings. The Kier molecular flexibility index (Phi) is 6.85. The van der Waals surface area contributed by atoms with Crippen molar-refractivity contribution in [2.45, 2.75) is 38.3 Å². The number of ether oxygens (including phenoxy) is 1. The smallest absolute Gasteiger partial charge is 0.341 e. The first kappa shape index (κ1) is 23.1. The zero-order chi connectivity index (χ0) is 23.5. The standard InChI is InChI=1S/C23H24N4O4S2/c1-3-31-22(30)20-15-8-5-9-16(15)33-21(20)25-19(29)12-32-23-26-18(28)11-17(24)27(23)14-7-4-6-13(2)10-14/h4,6-7,10-11H,3,5,8-9,12,24H2,1-2H3,(H,25,29). The van der Waals surface area contributed by atoms with Gasteiger partial charge >= 0.3 is 5.97 Å². The van der Waals surface area contributed by atoms with Gasteiger partial charge in [0.1, 0.15) is 10.8 Å². The number of nitrogens with zero attached hydrogens (tertiary/aromatic N) is 2. The second-order valence-electron chi connectivity index (χ2n) is 7.60. The molecule has 8 nitrogen and oxygen atoms in total. The highest BCUT2D eigenvalue weighted by Gasteiger charge is 2.28. The van der Waals surface area contributed by atoms with Crippen molar-refractivity contribution in [3.8, 4) is 5.69 Å². The summed E-state index contributed by atoms with van der Waals surface area (Å²) in [5, 5.41) is 3.69. The fraction of sp³-hybridized carbons (Fsp3) is 0.304. The van der Waals surface area contributed by atoms with Crippen LogP contribution >= 0.6 is 23.1 Å². The van der Waals surface area contributed by atoms with Crippen molar-refractivity contribution >= 4 is 45.8 Å². The number of thiophene rings is 1. The third-order valence-corrected chi connectivity index (χ3v) is 7.32. The molecule has 3 aromatic rings. The van der Waals surface area contributed by atoms with Crippen LogP contribution in [0.1, 0.15) is 39.7 Å². The molecule has 10 heteroatoms. The molecule has 0 spiro atoms. The maximum absolute atomic E-state index is 12.8. The van der Waals surface area contributed by atoms with Gasteiger partial charge in [-0.3, -0.25) is 14.2 Å². The van der Waals surface area contributed by atoms with Crippen LogP contribution < -0.4 is 16.6 Å². The highest BCUT2D eigenvalue weighted by Crippen LogP contribution is 2.39. The number of nitrogens with one attached hydrogen (secondary N) is 1. The van der Waals surface area contributed by atoms with Gasteiger partial charge in [-0.25, -0.2) is 4.79 Å². The van der Waals surface area contributed by atoms with Crippen LogP contribution in [0.3, 0.4) is 0 Å². The number of esters is 1. The first-order valence-electron chi connectivity index (χ1n) is 10.6. The Balaban J connectivity index is 1.55. The number of carbonyl (C=O) groups is 2. The maximum atomic E-state index is 12.8. The number of anilines is 2. The van der Waals surface area contributed by atoms with Crippen LogP contribution in [0.15, 0.2) is 40.3 Å². The van der Waals surface area contributed by atoms with E-state index in [-0.39, 0.29) is 24.1 Å². The third kappa shape index (κ3) is 4.96. The molecule has 0 atom stereocenters. The van der Waals surface area contributed by atoms with Gasteiger partial charge in [0.25, 0.3) is 5.56 Å². The molecule has 0 bridgehead atoms. The Morgan fingerprint density at radius 2 is 2.12 bits per heavy atom. The van der Waals surface area contributed by atoms with Gasteiger partial charge in [0, 0.05) is 16.6 Å². The summed E-state index contributed by atoms with van der Waals surface area (Å²) in [7, 11) is 0. The highest BCUT2D eigenvalue weighted by molar-refractivity contribution is 7.99. The summed E-state index contributed by atoms with van der Waals surface area (Å²) in [5.41, 5.74) is 8.86. The van der Waals surface area contributed by atoms with Crippen molar-refractivity contribution in [2.75, 3.05) is 23.4 Å². The molecule has 0 unspecified atom stereocenters. The molecule has 0 radical (unpaired) electrons. The van der Waals surface area contributed by atoms with Crippen molar-refractivity contribution in [3.63, 3.8) is 0 Å². The molecular weight excluding hydrogens is 460 g/mol. The van der Waals surface area contributed by atoms with Gasteiger partial charge in [0.05, 0.1) is 17.9 Å². The summed E-state index contributed by atoms with van der Waals surface area (Å²) >= 11 is 2.53. The van der Waals surface area contributed by atoms with Gasteiger partial charge in [-0.1, -0.05) is 23.9 Å². The molecule has 0 saturated carbocycles. The van der Waals surface area contributed by atoms with Gasteiger partial charge in [-0.05, 0) is 56.4 Å². The monoisotopic (exact) mass is 484 g/mol. The number of nitrogens with two attached hydrogens (primary N) is 1. The van der Waals surface area contributed by atoms with E-state index in [9.17, 15) is 14.4 Å². The second kappa shape index (κ2) is 9.80. The van der Waals surface area contributed by atoms with Crippen molar-refractivity contribution in [1.29, 1.82) is 0 Å². The second-order valence-corrected chi connectivity index (χ2v) is 9.64. The SMILES string of the molecule is CCOC(=O)c1c(NC(=O)CSc2nc(=O)cc(N)n2-c2cccc(C)c2)sc2c1CCC2. The minimum Gasteiger partial charge on any atom is -0.462 e. The average molecular weight is 485 g/mol. The van der Waals surface area contributed by atoms with E-state index in [0.29, 0.717) is 15.7 Å². The summed E-state index contributed by atoms with van der Waals surface area (Å²) in [6.45, 7) is 3.98. The zero-order valence-electron chi connectivity index (χ0n) is 18.3. The lowest BCUT2D eigenvalue weighted by atomic mass is 10.1. The summed E-state index contributed by atoms with van der Waals surface area (Å²) in [6.07, 6.45) is 2.70. The number of aryl methyl sites for hydroxylation is 2. The fourth-order valence-corrected chi connectivity index (χ4v) is 5.93. The molecule has 1 aliphatic carbocycles. The molecule has 1 amide bonds. The van der Waals surface area contributed by atoms with Crippen LogP contribution in [-0.4, -0.2) is 33.8 Å². The molecule has 172 valence electrons. The maximum Gasteiger partial charge on any atom is 0.341 e. The third-order valence-electron chi connectivity index (χ3n) is 5.17. The zero-order valence-corrected chi connectivity index (χ0v) is 20.0. The summed E-state index contributed by atoms with van der Waals surface area (Å²) in [5.74, 6) is -0.488. The van der Waals surface area contributed by atoms with E-state index in [1.54, 1.807) is 11.5 Å². The number of hydrogen-bond acceptors (Lipinski definition) is 8. The van der Waals surface area contributed by atoms with Gasteiger partial charge in [-0.15, -0.1) is 11.3 Å². The molecule has 2 aromatic heterocycles. The van der Waals surface area contributed by atoms with Crippen LogP contribution in [-0.2, 0) is 22.4 Å². The lowest BCUT2D eigenvalue weighted by molar-refractivity contribution is -0.113. The fourth-order valence-electron chi connectivity index (χ4n) is 3.81. The largest absolute Gasteiger partial charge is 0.462 e. The topological polar surface area (TPSA) is 116 Å². The number of benzene rings is 1. The predicted molar refractivity (Wildman–Crippen MR) is 131 cm³/mol. The normalized spacial score (nSPS) is 12.4. The molecule has 0 saturated heterocycles. The lowest BCUT2D eigenvalue weighted by Gasteiger charge is -2.15. The van der Waals surface area contributed by atoms with Crippen molar-refractivity contribution in [3.05, 3.63) is 62.3 Å². The summed E-state index contributed by atoms with van der Waals surface area (Å²) < 4.78 is 6.86. The van der Waals surface area contributed by atoms with Crippen LogP contribution in [0.4, 0.5) is 10.8 Å². The van der Waals surface area contributed by atoms with Crippen LogP contribution in [0, 0.1) is 6.92 Å². The number of hydrogen-bond donors (Lipinski definition) is 2. The molecule has 0 fully saturated rings. The van der Waals surface area contributed by atoms with Crippen LogP contribution in [0.2, 0.25) is 0 Å². The first-order valence-corrected chi connectivity index (χ1v) is 12.4. The van der Waals surface area contributed by atoms with E-state index in [1.807, 2.05) is 31.2 Å². The molecule has 2 heterocycles. The predicted octanol–water partition coefficient (Wildman–Crippen LogP) is 3.58. The van der Waals surface area contributed by atoms with Gasteiger partial charge < -0.3 is 15.8 Å². The Labute approximate surface area is 199 Å². The number of nitrogen functional groups attached to an aromatic ring is 1. The quantitative estimate of drug-likeness (QED) is 0.299. The van der Waals surface area contributed by atoms with Gasteiger partial charge in [-0.2, -0.15) is 4.98 Å². The average Bonchev–Trinajstić information content (AvgIpc) is 3.32. The Bertz CT molecular complexity index is 1280. The first-order chi connectivity index (χ1) is 15.9. The van der Waals surface area contributed by atoms with Crippen molar-refractivity contribution in [1.82, 2.24) is 9.55 Å². The van der Waals surface area contributed by atoms with Crippen LogP contribution in [0.25, 0.3) is 5.69 Å². The van der Waals surface area contributed by atoms with E-state index in [2.05, 4.69) is 10.3 Å². The van der Waals surface area contributed by atoms with E-state index in [4.69, 9.17) is 10.5 Å². The number of amides is 1. The van der Waals surface area contributed by atoms with Crippen molar-refractivity contribution < 1.29 is 14.3 Å². The van der Waals surface area contributed by atoms with E-state index >= 15 is 0 Å². The molecule has 3 N–H and O–H groups in total. The molecular formula is C23H24N4O4S2. The summed E-state index contributed by atoms with van der Waals surface area (Å²) in [4.78, 5) is 42.5. The van der Waals surface area contributed by atoms with Crippen molar-refractivity contribution in [2.24, 2.45) is 0 Å². The number of aromatic nitrogens is 2. The van der Waals surface area contributed by atoms with E-state index in [1.165, 1.54) is 17.4 Å². The molecule has 4 rings (SSSR count). The summed E-state index contributed by atoms with van der Waals surface area (Å²) in [6, 6.07) is 8.88. The molecule has 0 aliphatic heterocycles. The lowest BCUT2D eigenvalue weighted by Crippen LogP contribution is -2.20. The number of fused-ring (bicyclic) bond motifs is 1. The Hall–Kier alpha value is -3.11. The molecule has 33 heavy (non-hydrogen) atoms. The number of thioether (sulfide) groups is 1. The minimum atomic E-state index is -0.474. The van der Waals surface area contributed by atoms with Crippen LogP contribution in [0.5, 0.6) is 0 Å².